The van der Waals surface area contributed by atoms with Gasteiger partial charge in [-0.2, -0.15) is 0 Å². The van der Waals surface area contributed by atoms with Gasteiger partial charge in [-0.1, -0.05) is 45.9 Å². The topological polar surface area (TPSA) is 73.0 Å². The maximum Gasteiger partial charge on any atom is 0.234 e. The van der Waals surface area contributed by atoms with Crippen molar-refractivity contribution in [3.63, 3.8) is 0 Å². The highest BCUT2D eigenvalue weighted by Gasteiger charge is 2.18. The van der Waals surface area contributed by atoms with Crippen molar-refractivity contribution in [2.45, 2.75) is 25.5 Å². The van der Waals surface area contributed by atoms with Gasteiger partial charge in [0.05, 0.1) is 5.75 Å². The normalized spacial score (nSPS) is 11.1. The van der Waals surface area contributed by atoms with Crippen LogP contribution in [0.4, 0.5) is 5.69 Å². The van der Waals surface area contributed by atoms with Crippen LogP contribution in [0.2, 0.25) is 0 Å². The molecule has 6 nitrogen and oxygen atoms in total. The monoisotopic (exact) mass is 496 g/mol. The van der Waals surface area contributed by atoms with Crippen LogP contribution < -0.4 is 5.32 Å². The van der Waals surface area contributed by atoms with E-state index in [2.05, 4.69) is 38.0 Å². The second kappa shape index (κ2) is 9.11. The standard InChI is InChI=1S/C23H21BrN4O2S/c1-4-9-28-22(20-12-16-11-17(24)7-8-19(16)30-20)26-27-23(28)31-13-21(29)25-18-10-14(2)5-6-15(18)3/h4-8,10-12H,1,9,13H2,2-3H3,(H,25,29). The first kappa shape index (κ1) is 21.4. The number of amides is 1. The lowest BCUT2D eigenvalue weighted by Crippen LogP contribution is -2.15. The number of nitrogens with one attached hydrogen (secondary N) is 1. The van der Waals surface area contributed by atoms with Crippen LogP contribution in [0.3, 0.4) is 0 Å². The van der Waals surface area contributed by atoms with E-state index in [1.165, 1.54) is 11.8 Å². The molecule has 2 aromatic heterocycles. The van der Waals surface area contributed by atoms with Crippen LogP contribution in [-0.2, 0) is 11.3 Å². The molecular formula is C23H21BrN4O2S. The van der Waals surface area contributed by atoms with Crippen LogP contribution in [0, 0.1) is 13.8 Å². The molecule has 0 saturated carbocycles. The predicted octanol–water partition coefficient (Wildman–Crippen LogP) is 5.99. The molecule has 0 fully saturated rings. The quantitative estimate of drug-likeness (QED) is 0.251. The predicted molar refractivity (Wildman–Crippen MR) is 128 cm³/mol. The number of aromatic nitrogens is 3. The third-order valence-electron chi connectivity index (χ3n) is 4.73. The van der Waals surface area contributed by atoms with E-state index < -0.39 is 0 Å². The molecule has 0 spiro atoms. The van der Waals surface area contributed by atoms with Gasteiger partial charge in [-0.25, -0.2) is 0 Å². The van der Waals surface area contributed by atoms with E-state index in [0.717, 1.165) is 32.3 Å². The lowest BCUT2D eigenvalue weighted by Gasteiger charge is -2.09. The number of rotatable bonds is 7. The molecule has 2 heterocycles. The molecule has 0 aliphatic rings. The van der Waals surface area contributed by atoms with Crippen molar-refractivity contribution in [3.05, 3.63) is 70.7 Å². The van der Waals surface area contributed by atoms with E-state index >= 15 is 0 Å². The first-order chi connectivity index (χ1) is 14.9. The number of fused-ring (bicyclic) bond motifs is 1. The Labute approximate surface area is 192 Å². The van der Waals surface area contributed by atoms with Crippen molar-refractivity contribution in [2.75, 3.05) is 11.1 Å². The van der Waals surface area contributed by atoms with Gasteiger partial charge in [-0.15, -0.1) is 16.8 Å². The summed E-state index contributed by atoms with van der Waals surface area (Å²) in [7, 11) is 0. The minimum atomic E-state index is -0.0954. The van der Waals surface area contributed by atoms with E-state index in [-0.39, 0.29) is 11.7 Å². The van der Waals surface area contributed by atoms with Gasteiger partial charge in [0.1, 0.15) is 5.58 Å². The highest BCUT2D eigenvalue weighted by molar-refractivity contribution is 9.10. The number of hydrogen-bond donors (Lipinski definition) is 1. The Morgan fingerprint density at radius 3 is 2.87 bits per heavy atom. The number of aryl methyl sites for hydroxylation is 2. The van der Waals surface area contributed by atoms with Crippen molar-refractivity contribution >= 4 is 50.3 Å². The molecule has 0 atom stereocenters. The number of benzene rings is 2. The van der Waals surface area contributed by atoms with Crippen LogP contribution in [0.25, 0.3) is 22.6 Å². The van der Waals surface area contributed by atoms with E-state index in [1.54, 1.807) is 6.08 Å². The van der Waals surface area contributed by atoms with Crippen molar-refractivity contribution in [3.8, 4) is 11.6 Å². The lowest BCUT2D eigenvalue weighted by molar-refractivity contribution is -0.113. The second-order valence-corrected chi connectivity index (χ2v) is 9.01. The summed E-state index contributed by atoms with van der Waals surface area (Å²) in [6, 6.07) is 13.8. The zero-order valence-electron chi connectivity index (χ0n) is 17.2. The fourth-order valence-corrected chi connectivity index (χ4v) is 4.31. The summed E-state index contributed by atoms with van der Waals surface area (Å²) in [6.07, 6.45) is 1.77. The van der Waals surface area contributed by atoms with Crippen LogP contribution in [0.5, 0.6) is 0 Å². The molecule has 2 aromatic carbocycles. The molecule has 0 unspecified atom stereocenters. The molecule has 0 saturated heterocycles. The average molecular weight is 497 g/mol. The number of anilines is 1. The maximum absolute atomic E-state index is 12.5. The zero-order valence-corrected chi connectivity index (χ0v) is 19.6. The van der Waals surface area contributed by atoms with Crippen molar-refractivity contribution < 1.29 is 9.21 Å². The number of allylic oxidation sites excluding steroid dienone is 1. The molecule has 158 valence electrons. The first-order valence-corrected chi connectivity index (χ1v) is 11.5. The molecule has 1 amide bonds. The fourth-order valence-electron chi connectivity index (χ4n) is 3.18. The van der Waals surface area contributed by atoms with Gasteiger partial charge in [0.25, 0.3) is 0 Å². The number of furan rings is 1. The number of carbonyl (C=O) groups is 1. The SMILES string of the molecule is C=CCn1c(SCC(=O)Nc2cc(C)ccc2C)nnc1-c1cc2cc(Br)ccc2o1. The summed E-state index contributed by atoms with van der Waals surface area (Å²) >= 11 is 4.81. The summed E-state index contributed by atoms with van der Waals surface area (Å²) in [6.45, 7) is 8.31. The molecule has 31 heavy (non-hydrogen) atoms. The van der Waals surface area contributed by atoms with Crippen LogP contribution >= 0.6 is 27.7 Å². The minimum Gasteiger partial charge on any atom is -0.453 e. The van der Waals surface area contributed by atoms with Gasteiger partial charge in [-0.3, -0.25) is 9.36 Å². The Morgan fingerprint density at radius 1 is 1.23 bits per heavy atom. The lowest BCUT2D eigenvalue weighted by atomic mass is 10.1. The van der Waals surface area contributed by atoms with E-state index in [4.69, 9.17) is 4.42 Å². The molecule has 4 rings (SSSR count). The minimum absolute atomic E-state index is 0.0954. The molecular weight excluding hydrogens is 476 g/mol. The van der Waals surface area contributed by atoms with Crippen LogP contribution in [-0.4, -0.2) is 26.4 Å². The summed E-state index contributed by atoms with van der Waals surface area (Å²) in [5, 5.41) is 13.2. The van der Waals surface area contributed by atoms with E-state index in [0.29, 0.717) is 23.3 Å². The Bertz CT molecular complexity index is 1280. The van der Waals surface area contributed by atoms with Gasteiger partial charge >= 0.3 is 0 Å². The Kier molecular flexibility index (Phi) is 6.29. The number of carbonyl (C=O) groups excluding carboxylic acids is 1. The van der Waals surface area contributed by atoms with Gasteiger partial charge in [0.2, 0.25) is 11.7 Å². The molecule has 4 aromatic rings. The molecule has 0 aliphatic carbocycles. The maximum atomic E-state index is 12.5. The van der Waals surface area contributed by atoms with Crippen LogP contribution in [0.1, 0.15) is 11.1 Å². The third-order valence-corrected chi connectivity index (χ3v) is 6.19. The Balaban J connectivity index is 1.53. The Hall–Kier alpha value is -2.84. The highest BCUT2D eigenvalue weighted by atomic mass is 79.9. The fraction of sp³-hybridized carbons (Fsp3) is 0.174. The molecule has 8 heteroatoms. The van der Waals surface area contributed by atoms with Gasteiger partial charge in [0.15, 0.2) is 10.9 Å². The number of nitrogens with zero attached hydrogens (tertiary/aromatic N) is 3. The summed E-state index contributed by atoms with van der Waals surface area (Å²) < 4.78 is 8.85. The Morgan fingerprint density at radius 2 is 2.06 bits per heavy atom. The second-order valence-electron chi connectivity index (χ2n) is 7.15. The number of thioether (sulfide) groups is 1. The highest BCUT2D eigenvalue weighted by Crippen LogP contribution is 2.31. The van der Waals surface area contributed by atoms with E-state index in [1.807, 2.05) is 60.9 Å². The summed E-state index contributed by atoms with van der Waals surface area (Å²) in [5.41, 5.74) is 3.72. The number of halogens is 1. The van der Waals surface area contributed by atoms with Crippen molar-refractivity contribution in [1.29, 1.82) is 0 Å². The zero-order chi connectivity index (χ0) is 22.0. The van der Waals surface area contributed by atoms with Gasteiger partial charge < -0.3 is 9.73 Å². The van der Waals surface area contributed by atoms with E-state index in [9.17, 15) is 4.79 Å². The number of hydrogen-bond acceptors (Lipinski definition) is 5. The van der Waals surface area contributed by atoms with Gasteiger partial charge in [-0.05, 0) is 55.3 Å². The molecule has 0 aliphatic heterocycles. The summed E-state index contributed by atoms with van der Waals surface area (Å²) in [4.78, 5) is 12.5. The molecule has 1 N–H and O–H groups in total. The average Bonchev–Trinajstić information content (AvgIpc) is 3.33. The first-order valence-electron chi connectivity index (χ1n) is 9.68. The van der Waals surface area contributed by atoms with Crippen LogP contribution in [0.15, 0.2) is 69.2 Å². The van der Waals surface area contributed by atoms with Crippen molar-refractivity contribution in [1.82, 2.24) is 14.8 Å². The van der Waals surface area contributed by atoms with Gasteiger partial charge in [0, 0.05) is 22.1 Å². The van der Waals surface area contributed by atoms with Crippen molar-refractivity contribution in [2.24, 2.45) is 0 Å². The smallest absolute Gasteiger partial charge is 0.234 e. The third kappa shape index (κ3) is 4.75. The summed E-state index contributed by atoms with van der Waals surface area (Å²) in [5.74, 6) is 1.34. The molecule has 0 radical (unpaired) electrons. The molecule has 0 bridgehead atoms. The largest absolute Gasteiger partial charge is 0.453 e.